The molecule has 3 aromatic rings. The summed E-state index contributed by atoms with van der Waals surface area (Å²) in [6.07, 6.45) is 1.98. The van der Waals surface area contributed by atoms with Gasteiger partial charge in [-0.15, -0.1) is 0 Å². The Morgan fingerprint density at radius 3 is 2.85 bits per heavy atom. The zero-order valence-corrected chi connectivity index (χ0v) is 14.3. The van der Waals surface area contributed by atoms with Gasteiger partial charge in [0.1, 0.15) is 5.75 Å². The number of rotatable bonds is 4. The number of methoxy groups -OCH3 is 1. The van der Waals surface area contributed by atoms with Crippen LogP contribution in [0.2, 0.25) is 0 Å². The molecule has 6 heteroatoms. The predicted octanol–water partition coefficient (Wildman–Crippen LogP) is 3.26. The smallest absolute Gasteiger partial charge is 0.228 e. The zero-order chi connectivity index (χ0) is 17.9. The van der Waals surface area contributed by atoms with Crippen LogP contribution in [0.25, 0.3) is 11.3 Å². The summed E-state index contributed by atoms with van der Waals surface area (Å²) in [5.74, 6) is 1.27. The van der Waals surface area contributed by atoms with Crippen molar-refractivity contribution in [3.8, 4) is 17.0 Å². The van der Waals surface area contributed by atoms with Gasteiger partial charge < -0.3 is 15.4 Å². The van der Waals surface area contributed by atoms with Crippen LogP contribution in [-0.2, 0) is 17.8 Å². The van der Waals surface area contributed by atoms with Crippen LogP contribution < -0.4 is 15.4 Å². The molecule has 26 heavy (non-hydrogen) atoms. The lowest BCUT2D eigenvalue weighted by Gasteiger charge is -2.12. The molecule has 130 valence electrons. The normalized spacial score (nSPS) is 12.4. The molecule has 2 heterocycles. The van der Waals surface area contributed by atoms with Gasteiger partial charge in [0, 0.05) is 29.4 Å². The maximum atomic E-state index is 12.1. The third-order valence-electron chi connectivity index (χ3n) is 4.30. The number of amides is 1. The minimum Gasteiger partial charge on any atom is -0.496 e. The van der Waals surface area contributed by atoms with E-state index in [2.05, 4.69) is 20.6 Å². The van der Waals surface area contributed by atoms with Crippen LogP contribution in [0.3, 0.4) is 0 Å². The molecule has 1 aliphatic heterocycles. The molecule has 1 aromatic heterocycles. The van der Waals surface area contributed by atoms with Gasteiger partial charge in [-0.3, -0.25) is 4.79 Å². The minimum absolute atomic E-state index is 0.0606. The molecule has 0 atom stereocenters. The van der Waals surface area contributed by atoms with E-state index >= 15 is 0 Å². The van der Waals surface area contributed by atoms with E-state index in [9.17, 15) is 4.79 Å². The molecule has 6 nitrogen and oxygen atoms in total. The summed E-state index contributed by atoms with van der Waals surface area (Å²) in [6.45, 7) is 0.543. The summed E-state index contributed by atoms with van der Waals surface area (Å²) in [5.41, 5.74) is 4.28. The number of aromatic nitrogens is 2. The minimum atomic E-state index is -0.0606. The van der Waals surface area contributed by atoms with E-state index in [0.717, 1.165) is 33.8 Å². The summed E-state index contributed by atoms with van der Waals surface area (Å²) in [7, 11) is 1.65. The molecule has 0 spiro atoms. The lowest BCUT2D eigenvalue weighted by Crippen LogP contribution is -2.13. The third kappa shape index (κ3) is 3.09. The van der Waals surface area contributed by atoms with E-state index in [4.69, 9.17) is 4.74 Å². The van der Waals surface area contributed by atoms with Gasteiger partial charge in [0.15, 0.2) is 0 Å². The highest BCUT2D eigenvalue weighted by Gasteiger charge is 2.20. The van der Waals surface area contributed by atoms with Gasteiger partial charge in [-0.1, -0.05) is 36.4 Å². The van der Waals surface area contributed by atoms with Crippen LogP contribution >= 0.6 is 0 Å². The van der Waals surface area contributed by atoms with Gasteiger partial charge in [0.05, 0.1) is 24.9 Å². The Labute approximate surface area is 151 Å². The van der Waals surface area contributed by atoms with Crippen molar-refractivity contribution in [2.24, 2.45) is 0 Å². The Kier molecular flexibility index (Phi) is 4.23. The Morgan fingerprint density at radius 2 is 1.96 bits per heavy atom. The number of para-hydroxylation sites is 2. The first-order valence-electron chi connectivity index (χ1n) is 8.35. The maximum absolute atomic E-state index is 12.1. The second kappa shape index (κ2) is 6.84. The van der Waals surface area contributed by atoms with Gasteiger partial charge in [0.2, 0.25) is 11.9 Å². The first-order chi connectivity index (χ1) is 12.7. The van der Waals surface area contributed by atoms with Crippen LogP contribution in [0.5, 0.6) is 5.75 Å². The fraction of sp³-hybridized carbons (Fsp3) is 0.150. The van der Waals surface area contributed by atoms with Gasteiger partial charge in [0.25, 0.3) is 0 Å². The molecule has 0 saturated carbocycles. The molecule has 2 N–H and O–H groups in total. The Balaban J connectivity index is 1.65. The first kappa shape index (κ1) is 16.1. The van der Waals surface area contributed by atoms with Crippen molar-refractivity contribution >= 4 is 17.5 Å². The second-order valence-corrected chi connectivity index (χ2v) is 6.00. The summed E-state index contributed by atoms with van der Waals surface area (Å²) in [5, 5.41) is 6.16. The number of nitrogens with one attached hydrogen (secondary N) is 2. The summed E-state index contributed by atoms with van der Waals surface area (Å²) in [4.78, 5) is 21.1. The highest BCUT2D eigenvalue weighted by Crippen LogP contribution is 2.32. The lowest BCUT2D eigenvalue weighted by molar-refractivity contribution is -0.115. The second-order valence-electron chi connectivity index (χ2n) is 6.00. The fourth-order valence-corrected chi connectivity index (χ4v) is 3.04. The van der Waals surface area contributed by atoms with E-state index in [1.807, 2.05) is 48.5 Å². The number of nitrogens with zero attached hydrogens (tertiary/aromatic N) is 2. The van der Waals surface area contributed by atoms with Crippen molar-refractivity contribution in [3.63, 3.8) is 0 Å². The zero-order valence-electron chi connectivity index (χ0n) is 14.3. The Bertz CT molecular complexity index is 972. The molecular formula is C20H18N4O2. The van der Waals surface area contributed by atoms with Crippen LogP contribution in [0, 0.1) is 0 Å². The molecule has 0 bridgehead atoms. The number of carbonyl (C=O) groups excluding carboxylic acids is 1. The van der Waals surface area contributed by atoms with E-state index in [1.165, 1.54) is 0 Å². The number of carbonyl (C=O) groups is 1. The summed E-state index contributed by atoms with van der Waals surface area (Å²) < 4.78 is 5.37. The number of hydrogen-bond donors (Lipinski definition) is 2. The standard InChI is InChI=1S/C20H18N4O2/c1-26-17-9-5-2-6-13(17)11-21-20-22-12-14-10-18(25)23-16-8-4-3-7-15(16)19(14)24-20/h2-9,12H,10-11H2,1H3,(H,23,25)(H,21,22,24). The van der Waals surface area contributed by atoms with Crippen molar-refractivity contribution in [1.29, 1.82) is 0 Å². The molecule has 1 amide bonds. The monoisotopic (exact) mass is 346 g/mol. The number of ether oxygens (including phenoxy) is 1. The number of hydrogen-bond acceptors (Lipinski definition) is 5. The Morgan fingerprint density at radius 1 is 1.15 bits per heavy atom. The van der Waals surface area contributed by atoms with Crippen molar-refractivity contribution in [2.75, 3.05) is 17.7 Å². The summed E-state index contributed by atoms with van der Waals surface area (Å²) >= 11 is 0. The van der Waals surface area contributed by atoms with Crippen molar-refractivity contribution in [3.05, 3.63) is 65.9 Å². The lowest BCUT2D eigenvalue weighted by atomic mass is 10.1. The average Bonchev–Trinajstić information content (AvgIpc) is 2.81. The molecule has 1 aliphatic rings. The molecule has 0 fully saturated rings. The third-order valence-corrected chi connectivity index (χ3v) is 4.30. The van der Waals surface area contributed by atoms with Crippen molar-refractivity contribution in [1.82, 2.24) is 9.97 Å². The van der Waals surface area contributed by atoms with E-state index in [0.29, 0.717) is 12.5 Å². The molecule has 0 aliphatic carbocycles. The molecule has 0 unspecified atom stereocenters. The number of anilines is 2. The fourth-order valence-electron chi connectivity index (χ4n) is 3.04. The number of benzene rings is 2. The van der Waals surface area contributed by atoms with Gasteiger partial charge in [-0.25, -0.2) is 9.97 Å². The molecule has 4 rings (SSSR count). The van der Waals surface area contributed by atoms with Crippen molar-refractivity contribution in [2.45, 2.75) is 13.0 Å². The highest BCUT2D eigenvalue weighted by molar-refractivity contribution is 5.99. The topological polar surface area (TPSA) is 76.1 Å². The molecule has 0 radical (unpaired) electrons. The van der Waals surface area contributed by atoms with Gasteiger partial charge in [-0.2, -0.15) is 0 Å². The largest absolute Gasteiger partial charge is 0.496 e. The first-order valence-corrected chi connectivity index (χ1v) is 8.35. The van der Waals surface area contributed by atoms with Crippen LogP contribution in [0.1, 0.15) is 11.1 Å². The van der Waals surface area contributed by atoms with E-state index in [-0.39, 0.29) is 12.3 Å². The SMILES string of the molecule is COc1ccccc1CNc1ncc2c(n1)-c1ccccc1NC(=O)C2. The molecular weight excluding hydrogens is 328 g/mol. The Hall–Kier alpha value is -3.41. The van der Waals surface area contributed by atoms with Gasteiger partial charge in [-0.05, 0) is 12.1 Å². The van der Waals surface area contributed by atoms with E-state index in [1.54, 1.807) is 13.3 Å². The van der Waals surface area contributed by atoms with Crippen molar-refractivity contribution < 1.29 is 9.53 Å². The summed E-state index contributed by atoms with van der Waals surface area (Å²) in [6, 6.07) is 15.5. The molecule has 0 saturated heterocycles. The highest BCUT2D eigenvalue weighted by atomic mass is 16.5. The average molecular weight is 346 g/mol. The van der Waals surface area contributed by atoms with E-state index < -0.39 is 0 Å². The van der Waals surface area contributed by atoms with Crippen LogP contribution in [0.15, 0.2) is 54.7 Å². The van der Waals surface area contributed by atoms with Crippen LogP contribution in [-0.4, -0.2) is 23.0 Å². The van der Waals surface area contributed by atoms with Gasteiger partial charge >= 0.3 is 0 Å². The van der Waals surface area contributed by atoms with Crippen LogP contribution in [0.4, 0.5) is 11.6 Å². The predicted molar refractivity (Wildman–Crippen MR) is 100 cm³/mol. The molecule has 2 aromatic carbocycles. The maximum Gasteiger partial charge on any atom is 0.228 e. The number of fused-ring (bicyclic) bond motifs is 3. The quantitative estimate of drug-likeness (QED) is 0.758.